The summed E-state index contributed by atoms with van der Waals surface area (Å²) in [6, 6.07) is 6.28. The topological polar surface area (TPSA) is 55.5 Å². The lowest BCUT2D eigenvalue weighted by Gasteiger charge is -2.36. The molecule has 0 aromatic heterocycles. The third kappa shape index (κ3) is 1.83. The van der Waals surface area contributed by atoms with E-state index in [9.17, 15) is 5.11 Å². The molecule has 3 nitrogen and oxygen atoms in total. The fourth-order valence-electron chi connectivity index (χ4n) is 2.99. The number of ether oxygens (including phenoxy) is 1. The molecule has 0 unspecified atom stereocenters. The minimum atomic E-state index is -0.311. The Morgan fingerprint density at radius 3 is 2.82 bits per heavy atom. The SMILES string of the molecule is NC1(c2cccc3c2OCC3)CCC(O)CC1. The Balaban J connectivity index is 1.96. The van der Waals surface area contributed by atoms with Gasteiger partial charge in [0, 0.05) is 17.5 Å². The zero-order chi connectivity index (χ0) is 11.9. The number of fused-ring (bicyclic) bond motifs is 1. The third-order valence-electron chi connectivity index (χ3n) is 4.10. The molecule has 0 spiro atoms. The van der Waals surface area contributed by atoms with Crippen molar-refractivity contribution in [3.05, 3.63) is 29.3 Å². The maximum atomic E-state index is 9.59. The fraction of sp³-hybridized carbons (Fsp3) is 0.571. The van der Waals surface area contributed by atoms with Gasteiger partial charge in [-0.15, -0.1) is 0 Å². The lowest BCUT2D eigenvalue weighted by Crippen LogP contribution is -2.41. The average molecular weight is 233 g/mol. The van der Waals surface area contributed by atoms with Crippen molar-refractivity contribution in [2.24, 2.45) is 5.73 Å². The Morgan fingerprint density at radius 2 is 2.06 bits per heavy atom. The number of benzene rings is 1. The van der Waals surface area contributed by atoms with Crippen molar-refractivity contribution >= 4 is 0 Å². The second-order valence-electron chi connectivity index (χ2n) is 5.28. The molecule has 3 heteroatoms. The monoisotopic (exact) mass is 233 g/mol. The molecule has 1 aromatic carbocycles. The van der Waals surface area contributed by atoms with Crippen LogP contribution in [0.3, 0.4) is 0 Å². The summed E-state index contributed by atoms with van der Waals surface area (Å²) in [4.78, 5) is 0. The maximum Gasteiger partial charge on any atom is 0.127 e. The molecule has 1 heterocycles. The smallest absolute Gasteiger partial charge is 0.127 e. The van der Waals surface area contributed by atoms with Gasteiger partial charge in [-0.3, -0.25) is 0 Å². The number of nitrogens with two attached hydrogens (primary N) is 1. The van der Waals surface area contributed by atoms with Crippen molar-refractivity contribution in [2.45, 2.75) is 43.7 Å². The number of aliphatic hydroxyl groups excluding tert-OH is 1. The van der Waals surface area contributed by atoms with Gasteiger partial charge >= 0.3 is 0 Å². The zero-order valence-corrected chi connectivity index (χ0v) is 9.98. The first-order chi connectivity index (χ1) is 8.19. The van der Waals surface area contributed by atoms with E-state index >= 15 is 0 Å². The van der Waals surface area contributed by atoms with Crippen molar-refractivity contribution < 1.29 is 9.84 Å². The van der Waals surface area contributed by atoms with Gasteiger partial charge in [-0.25, -0.2) is 0 Å². The Hall–Kier alpha value is -1.06. The zero-order valence-electron chi connectivity index (χ0n) is 9.98. The van der Waals surface area contributed by atoms with Crippen LogP contribution in [-0.2, 0) is 12.0 Å². The summed E-state index contributed by atoms with van der Waals surface area (Å²) in [5.74, 6) is 1.01. The van der Waals surface area contributed by atoms with Gasteiger partial charge in [0.2, 0.25) is 0 Å². The van der Waals surface area contributed by atoms with Gasteiger partial charge in [-0.1, -0.05) is 18.2 Å². The fourth-order valence-corrected chi connectivity index (χ4v) is 2.99. The van der Waals surface area contributed by atoms with Crippen LogP contribution in [0.2, 0.25) is 0 Å². The standard InChI is InChI=1S/C14H19NO2/c15-14(7-4-11(16)5-8-14)12-3-1-2-10-6-9-17-13(10)12/h1-3,11,16H,4-9,15H2. The van der Waals surface area contributed by atoms with Crippen molar-refractivity contribution in [1.82, 2.24) is 0 Å². The van der Waals surface area contributed by atoms with Crippen LogP contribution in [0, 0.1) is 0 Å². The van der Waals surface area contributed by atoms with E-state index in [0.717, 1.165) is 50.0 Å². The molecular formula is C14H19NO2. The molecule has 0 saturated heterocycles. The van der Waals surface area contributed by atoms with E-state index in [1.807, 2.05) is 0 Å². The molecule has 1 aromatic rings. The van der Waals surface area contributed by atoms with Crippen LogP contribution in [0.4, 0.5) is 0 Å². The van der Waals surface area contributed by atoms with Gasteiger partial charge in [0.05, 0.1) is 12.7 Å². The molecule has 1 aliphatic heterocycles. The highest BCUT2D eigenvalue weighted by Gasteiger charge is 2.36. The molecule has 3 rings (SSSR count). The Labute approximate surface area is 102 Å². The molecule has 0 amide bonds. The van der Waals surface area contributed by atoms with Crippen LogP contribution in [0.15, 0.2) is 18.2 Å². The van der Waals surface area contributed by atoms with E-state index in [0.29, 0.717) is 0 Å². The van der Waals surface area contributed by atoms with Crippen molar-refractivity contribution in [3.8, 4) is 5.75 Å². The number of para-hydroxylation sites is 1. The minimum absolute atomic E-state index is 0.177. The summed E-state index contributed by atoms with van der Waals surface area (Å²) in [5.41, 5.74) is 8.63. The van der Waals surface area contributed by atoms with Gasteiger partial charge < -0.3 is 15.6 Å². The number of rotatable bonds is 1. The number of hydrogen-bond donors (Lipinski definition) is 2. The molecule has 1 aliphatic carbocycles. The van der Waals surface area contributed by atoms with Crippen LogP contribution in [0.25, 0.3) is 0 Å². The number of hydrogen-bond acceptors (Lipinski definition) is 3. The van der Waals surface area contributed by atoms with Crippen LogP contribution < -0.4 is 10.5 Å². The van der Waals surface area contributed by atoms with Gasteiger partial charge in [0.15, 0.2) is 0 Å². The second-order valence-corrected chi connectivity index (χ2v) is 5.28. The van der Waals surface area contributed by atoms with Gasteiger partial charge in [-0.2, -0.15) is 0 Å². The summed E-state index contributed by atoms with van der Waals surface area (Å²) in [7, 11) is 0. The van der Waals surface area contributed by atoms with E-state index < -0.39 is 0 Å². The summed E-state index contributed by atoms with van der Waals surface area (Å²) < 4.78 is 5.73. The highest BCUT2D eigenvalue weighted by molar-refractivity contribution is 5.47. The highest BCUT2D eigenvalue weighted by Crippen LogP contribution is 2.42. The van der Waals surface area contributed by atoms with Crippen LogP contribution in [0.5, 0.6) is 5.75 Å². The van der Waals surface area contributed by atoms with Gasteiger partial charge in [0.1, 0.15) is 5.75 Å². The molecule has 2 aliphatic rings. The van der Waals surface area contributed by atoms with E-state index in [4.69, 9.17) is 10.5 Å². The molecular weight excluding hydrogens is 214 g/mol. The van der Waals surface area contributed by atoms with E-state index in [1.54, 1.807) is 0 Å². The predicted molar refractivity (Wildman–Crippen MR) is 66.0 cm³/mol. The van der Waals surface area contributed by atoms with Crippen LogP contribution in [0.1, 0.15) is 36.8 Å². The Bertz CT molecular complexity index is 422. The molecule has 1 fully saturated rings. The lowest BCUT2D eigenvalue weighted by molar-refractivity contribution is 0.0959. The van der Waals surface area contributed by atoms with E-state index in [-0.39, 0.29) is 11.6 Å². The quantitative estimate of drug-likeness (QED) is 0.776. The highest BCUT2D eigenvalue weighted by atomic mass is 16.5. The van der Waals surface area contributed by atoms with Gasteiger partial charge in [0.25, 0.3) is 0 Å². The predicted octanol–water partition coefficient (Wildman–Crippen LogP) is 1.71. The molecule has 0 atom stereocenters. The lowest BCUT2D eigenvalue weighted by atomic mass is 9.76. The summed E-state index contributed by atoms with van der Waals surface area (Å²) in [5, 5.41) is 9.59. The largest absolute Gasteiger partial charge is 0.493 e. The molecule has 0 bridgehead atoms. The van der Waals surface area contributed by atoms with E-state index in [1.165, 1.54) is 5.56 Å². The molecule has 3 N–H and O–H groups in total. The molecule has 0 radical (unpaired) electrons. The normalized spacial score (nSPS) is 32.0. The minimum Gasteiger partial charge on any atom is -0.493 e. The van der Waals surface area contributed by atoms with Crippen LogP contribution >= 0.6 is 0 Å². The first-order valence-electron chi connectivity index (χ1n) is 6.41. The average Bonchev–Trinajstić information content (AvgIpc) is 2.81. The maximum absolute atomic E-state index is 9.59. The van der Waals surface area contributed by atoms with Crippen LogP contribution in [-0.4, -0.2) is 17.8 Å². The van der Waals surface area contributed by atoms with Crippen molar-refractivity contribution in [1.29, 1.82) is 0 Å². The Morgan fingerprint density at radius 1 is 1.29 bits per heavy atom. The summed E-state index contributed by atoms with van der Waals surface area (Å²) in [6.45, 7) is 0.769. The Kier molecular flexibility index (Phi) is 2.60. The van der Waals surface area contributed by atoms with Gasteiger partial charge in [-0.05, 0) is 31.2 Å². The third-order valence-corrected chi connectivity index (χ3v) is 4.10. The summed E-state index contributed by atoms with van der Waals surface area (Å²) in [6.07, 6.45) is 4.08. The van der Waals surface area contributed by atoms with Crippen molar-refractivity contribution in [2.75, 3.05) is 6.61 Å². The first-order valence-corrected chi connectivity index (χ1v) is 6.41. The number of aliphatic hydroxyl groups is 1. The van der Waals surface area contributed by atoms with Crippen molar-refractivity contribution in [3.63, 3.8) is 0 Å². The second kappa shape index (κ2) is 4.00. The summed E-state index contributed by atoms with van der Waals surface area (Å²) >= 11 is 0. The first kappa shape index (κ1) is 11.1. The van der Waals surface area contributed by atoms with E-state index in [2.05, 4.69) is 18.2 Å². The molecule has 1 saturated carbocycles. The molecule has 17 heavy (non-hydrogen) atoms. The molecule has 92 valence electrons.